The summed E-state index contributed by atoms with van der Waals surface area (Å²) in [4.78, 5) is 52.4. The molecule has 4 fully saturated rings. The molecule has 0 unspecified atom stereocenters. The van der Waals surface area contributed by atoms with Gasteiger partial charge in [-0.1, -0.05) is 18.0 Å². The van der Waals surface area contributed by atoms with Crippen LogP contribution in [0.15, 0.2) is 5.11 Å². The van der Waals surface area contributed by atoms with Crippen molar-refractivity contribution >= 4 is 47.4 Å². The molecule has 78 heavy (non-hydrogen) atoms. The van der Waals surface area contributed by atoms with Gasteiger partial charge in [0.15, 0.2) is 0 Å². The van der Waals surface area contributed by atoms with Gasteiger partial charge in [-0.2, -0.15) is 23.5 Å². The first kappa shape index (κ1) is 67.5. The quantitative estimate of drug-likeness (QED) is 0.0165. The van der Waals surface area contributed by atoms with Gasteiger partial charge >= 0.3 is 12.1 Å². The zero-order chi connectivity index (χ0) is 55.2. The van der Waals surface area contributed by atoms with Gasteiger partial charge in [0.05, 0.1) is 183 Å². The molecule has 6 N–H and O–H groups in total. The van der Waals surface area contributed by atoms with Crippen LogP contribution < -0.4 is 31.9 Å². The summed E-state index contributed by atoms with van der Waals surface area (Å²) in [5, 5.41) is 22.0. The zero-order valence-corrected chi connectivity index (χ0v) is 47.5. The van der Waals surface area contributed by atoms with Gasteiger partial charge < -0.3 is 88.7 Å². The monoisotopic (exact) mass is 1150 g/mol. The first-order chi connectivity index (χ1) is 38.4. The molecule has 0 radical (unpaired) electrons. The number of hydrogen-bond acceptors (Lipinski definition) is 20. The van der Waals surface area contributed by atoms with E-state index in [1.165, 1.54) is 0 Å². The summed E-state index contributed by atoms with van der Waals surface area (Å²) < 4.78 is 67.6. The van der Waals surface area contributed by atoms with Crippen molar-refractivity contribution in [3.05, 3.63) is 10.4 Å². The molecule has 4 heterocycles. The predicted octanol–water partition coefficient (Wildman–Crippen LogP) is 1.48. The first-order valence-corrected chi connectivity index (χ1v) is 30.1. The Bertz CT molecular complexity index is 1530. The van der Waals surface area contributed by atoms with E-state index in [0.717, 1.165) is 50.0 Å². The summed E-state index contributed by atoms with van der Waals surface area (Å²) in [5.74, 6) is 1.95. The van der Waals surface area contributed by atoms with E-state index in [1.54, 1.807) is 0 Å². The molecule has 4 saturated heterocycles. The zero-order valence-electron chi connectivity index (χ0n) is 45.9. The highest BCUT2D eigenvalue weighted by atomic mass is 32.2. The van der Waals surface area contributed by atoms with E-state index in [1.807, 2.05) is 23.5 Å². The Kier molecular flexibility index (Phi) is 40.3. The van der Waals surface area contributed by atoms with Gasteiger partial charge in [0.25, 0.3) is 0 Å². The molecule has 0 aromatic carbocycles. The number of rotatable bonds is 55. The van der Waals surface area contributed by atoms with Crippen LogP contribution in [-0.2, 0) is 66.4 Å². The number of azide groups is 1. The molecule has 26 nitrogen and oxygen atoms in total. The van der Waals surface area contributed by atoms with E-state index in [4.69, 9.17) is 62.4 Å². The van der Waals surface area contributed by atoms with E-state index < -0.39 is 0 Å². The molecule has 0 saturated carbocycles. The van der Waals surface area contributed by atoms with Crippen molar-refractivity contribution in [1.82, 2.24) is 36.8 Å². The lowest BCUT2D eigenvalue weighted by Crippen LogP contribution is -2.36. The molecule has 0 aromatic heterocycles. The summed E-state index contributed by atoms with van der Waals surface area (Å²) in [6.45, 7) is 14.1. The number of ether oxygens (including phenoxy) is 12. The van der Waals surface area contributed by atoms with E-state index in [2.05, 4.69) is 46.8 Å². The molecular formula is C50H92N10O16S2. The molecule has 0 bridgehead atoms. The van der Waals surface area contributed by atoms with Gasteiger partial charge in [0.1, 0.15) is 0 Å². The van der Waals surface area contributed by atoms with Crippen molar-refractivity contribution < 1.29 is 76.0 Å². The van der Waals surface area contributed by atoms with E-state index >= 15 is 0 Å². The predicted molar refractivity (Wildman–Crippen MR) is 294 cm³/mol. The Morgan fingerprint density at radius 3 is 1.14 bits per heavy atom. The van der Waals surface area contributed by atoms with Crippen LogP contribution >= 0.6 is 23.5 Å². The lowest BCUT2D eigenvalue weighted by atomic mass is 10.0. The van der Waals surface area contributed by atoms with Crippen molar-refractivity contribution in [2.45, 2.75) is 86.0 Å². The highest BCUT2D eigenvalue weighted by molar-refractivity contribution is 8.00. The fraction of sp³-hybridized carbons (Fsp3) is 0.920. The summed E-state index contributed by atoms with van der Waals surface area (Å²) >= 11 is 3.79. The second-order valence-electron chi connectivity index (χ2n) is 18.6. The Morgan fingerprint density at radius 1 is 0.474 bits per heavy atom. The fourth-order valence-electron chi connectivity index (χ4n) is 8.60. The first-order valence-electron chi connectivity index (χ1n) is 28.0. The SMILES string of the molecule is [N-]=[N+]=NCCOCCOCCOCCOCCN(CCOCCOCCOCCOCCNC(=O)CCCC[C@H]1SC[C@H]2NC(=O)N[C@H]21)CCOCCOCCOCCOCCNC(=O)CCCC[C@H]1SC[C@H]2NC(=O)N[C@H]21. The number of amides is 6. The third-order valence-electron chi connectivity index (χ3n) is 12.7. The lowest BCUT2D eigenvalue weighted by Gasteiger charge is -2.22. The van der Waals surface area contributed by atoms with Crippen LogP contribution in [0.2, 0.25) is 0 Å². The van der Waals surface area contributed by atoms with Crippen LogP contribution in [0.25, 0.3) is 10.4 Å². The molecular weight excluding hydrogens is 1060 g/mol. The van der Waals surface area contributed by atoms with Crippen molar-refractivity contribution in [3.8, 4) is 0 Å². The number of nitrogens with one attached hydrogen (secondary N) is 6. The maximum atomic E-state index is 12.2. The minimum atomic E-state index is -0.0705. The van der Waals surface area contributed by atoms with Crippen molar-refractivity contribution in [3.63, 3.8) is 0 Å². The Labute approximate surface area is 469 Å². The number of carbonyl (C=O) groups is 4. The molecule has 450 valence electrons. The Balaban J connectivity index is 0.902. The molecule has 0 aliphatic carbocycles. The van der Waals surface area contributed by atoms with E-state index in [9.17, 15) is 19.2 Å². The van der Waals surface area contributed by atoms with Gasteiger partial charge in [-0.25, -0.2) is 9.59 Å². The van der Waals surface area contributed by atoms with E-state index in [0.29, 0.717) is 221 Å². The molecule has 6 atom stereocenters. The van der Waals surface area contributed by atoms with Crippen LogP contribution in [0.4, 0.5) is 9.59 Å². The van der Waals surface area contributed by atoms with Crippen LogP contribution in [-0.4, -0.2) is 273 Å². The van der Waals surface area contributed by atoms with Crippen LogP contribution in [0, 0.1) is 0 Å². The molecule has 0 spiro atoms. The number of hydrogen-bond donors (Lipinski definition) is 6. The van der Waals surface area contributed by atoms with E-state index in [-0.39, 0.29) is 48.0 Å². The largest absolute Gasteiger partial charge is 0.379 e. The van der Waals surface area contributed by atoms with Gasteiger partial charge in [-0.05, 0) is 31.2 Å². The number of thioether (sulfide) groups is 2. The van der Waals surface area contributed by atoms with Crippen LogP contribution in [0.3, 0.4) is 0 Å². The summed E-state index contributed by atoms with van der Waals surface area (Å²) in [5.41, 5.74) is 8.28. The van der Waals surface area contributed by atoms with Crippen molar-refractivity contribution in [1.29, 1.82) is 0 Å². The smallest absolute Gasteiger partial charge is 0.315 e. The van der Waals surface area contributed by atoms with Crippen LogP contribution in [0.5, 0.6) is 0 Å². The minimum absolute atomic E-state index is 0.0284. The van der Waals surface area contributed by atoms with Gasteiger partial charge in [0.2, 0.25) is 11.8 Å². The maximum absolute atomic E-state index is 12.2. The third-order valence-corrected chi connectivity index (χ3v) is 15.7. The topological polar surface area (TPSA) is 303 Å². The summed E-state index contributed by atoms with van der Waals surface area (Å²) in [6, 6.07) is 0.724. The number of nitrogens with zero attached hydrogens (tertiary/aromatic N) is 4. The molecule has 6 amide bonds. The lowest BCUT2D eigenvalue weighted by molar-refractivity contribution is -0.122. The second-order valence-corrected chi connectivity index (χ2v) is 21.1. The Morgan fingerprint density at radius 2 is 0.795 bits per heavy atom. The number of carbonyl (C=O) groups excluding carboxylic acids is 4. The second kappa shape index (κ2) is 46.6. The average Bonchev–Trinajstić information content (AvgIpc) is 4.22. The van der Waals surface area contributed by atoms with Crippen molar-refractivity contribution in [2.24, 2.45) is 5.11 Å². The number of fused-ring (bicyclic) bond motifs is 2. The standard InChI is InChI=1S/C50H92N10O16S2/c51-59-54-11-17-67-23-29-73-35-38-76-32-26-70-20-14-60(12-18-68-24-30-74-36-33-71-27-21-65-15-9-52-45(61)7-3-1-5-43-47-41(39-77-43)55-49(63)57-47)13-19-69-25-31-75-37-34-72-28-22-66-16-10-53-46(62)8-4-2-6-44-48-42(40-78-44)56-50(64)58-48/h41-44,47-48H,1-40H2,(H,52,61)(H,53,62)(H2,55,57,63)(H2,56,58,64)/t41-,42-,43-,44-,47-,48-/m1/s1. The van der Waals surface area contributed by atoms with Crippen molar-refractivity contribution in [2.75, 3.05) is 209 Å². The number of unbranched alkanes of at least 4 members (excludes halogenated alkanes) is 2. The number of urea groups is 2. The third kappa shape index (κ3) is 33.7. The van der Waals surface area contributed by atoms with Crippen LogP contribution in [0.1, 0.15) is 51.4 Å². The normalized spacial score (nSPS) is 20.3. The molecule has 4 aliphatic rings. The van der Waals surface area contributed by atoms with Gasteiger partial charge in [-0.15, -0.1) is 0 Å². The maximum Gasteiger partial charge on any atom is 0.315 e. The highest BCUT2D eigenvalue weighted by Gasteiger charge is 2.43. The highest BCUT2D eigenvalue weighted by Crippen LogP contribution is 2.34. The fourth-order valence-corrected chi connectivity index (χ4v) is 11.7. The molecule has 28 heteroatoms. The Hall–Kier alpha value is -3.03. The molecule has 4 rings (SSSR count). The molecule has 0 aromatic rings. The summed E-state index contributed by atoms with van der Waals surface area (Å²) in [7, 11) is 0. The van der Waals surface area contributed by atoms with Gasteiger partial charge in [0, 0.05) is 79.0 Å². The molecule has 4 aliphatic heterocycles. The minimum Gasteiger partial charge on any atom is -0.379 e. The summed E-state index contributed by atoms with van der Waals surface area (Å²) in [6.07, 6.45) is 6.53. The average molecular weight is 1150 g/mol. The van der Waals surface area contributed by atoms with Gasteiger partial charge in [-0.3, -0.25) is 14.5 Å².